The van der Waals surface area contributed by atoms with E-state index in [1.165, 1.54) is 3.57 Å². The summed E-state index contributed by atoms with van der Waals surface area (Å²) in [5, 5.41) is 8.92. The average molecular weight is 533 g/mol. The number of fused-ring (bicyclic) bond motifs is 1. The monoisotopic (exact) mass is 533 g/mol. The van der Waals surface area contributed by atoms with Crippen LogP contribution in [0.2, 0.25) is 0 Å². The molecule has 0 unspecified atom stereocenters. The van der Waals surface area contributed by atoms with E-state index in [-0.39, 0.29) is 18.3 Å². The van der Waals surface area contributed by atoms with Gasteiger partial charge in [0.2, 0.25) is 11.8 Å². The third kappa shape index (κ3) is 5.04. The zero-order valence-corrected chi connectivity index (χ0v) is 19.8. The summed E-state index contributed by atoms with van der Waals surface area (Å²) in [7, 11) is 0. The summed E-state index contributed by atoms with van der Waals surface area (Å²) in [5.41, 5.74) is 2.65. The van der Waals surface area contributed by atoms with Crippen LogP contribution in [0.15, 0.2) is 46.9 Å². The van der Waals surface area contributed by atoms with E-state index >= 15 is 0 Å². The Morgan fingerprint density at radius 1 is 1.10 bits per heavy atom. The number of nitrogens with zero attached hydrogens (tertiary/aromatic N) is 3. The Morgan fingerprint density at radius 3 is 2.57 bits per heavy atom. The number of benzene rings is 2. The molecule has 0 aliphatic carbocycles. The summed E-state index contributed by atoms with van der Waals surface area (Å²) in [6.45, 7) is 5.46. The lowest BCUT2D eigenvalue weighted by Gasteiger charge is -2.18. The van der Waals surface area contributed by atoms with Crippen LogP contribution in [0, 0.1) is 3.57 Å². The van der Waals surface area contributed by atoms with Crippen molar-refractivity contribution >= 4 is 50.1 Å². The van der Waals surface area contributed by atoms with Gasteiger partial charge < -0.3 is 9.15 Å². The first kappa shape index (κ1) is 20.9. The van der Waals surface area contributed by atoms with Crippen molar-refractivity contribution in [3.63, 3.8) is 0 Å². The zero-order valence-electron chi connectivity index (χ0n) is 16.8. The second kappa shape index (κ2) is 8.43. The number of para-hydroxylation sites is 1. The summed E-state index contributed by atoms with van der Waals surface area (Å²) in [5.74, 6) is 0.295. The number of carbonyl (C=O) groups is 1. The maximum Gasteiger partial charge on any atom is 0.315 e. The van der Waals surface area contributed by atoms with Crippen molar-refractivity contribution in [1.29, 1.82) is 0 Å². The molecule has 2 heterocycles. The molecule has 0 saturated carbocycles. The number of thiazole rings is 1. The van der Waals surface area contributed by atoms with Gasteiger partial charge in [-0.2, -0.15) is 0 Å². The molecule has 6 nitrogen and oxygen atoms in total. The maximum atomic E-state index is 11.9. The Morgan fingerprint density at radius 2 is 1.83 bits per heavy atom. The summed E-state index contributed by atoms with van der Waals surface area (Å²) in [4.78, 5) is 16.8. The lowest BCUT2D eigenvalue weighted by molar-refractivity contribution is -0.154. The molecule has 0 N–H and O–H groups in total. The third-order valence-electron chi connectivity index (χ3n) is 4.15. The first-order chi connectivity index (χ1) is 14.3. The van der Waals surface area contributed by atoms with E-state index < -0.39 is 5.60 Å². The van der Waals surface area contributed by atoms with Crippen molar-refractivity contribution in [1.82, 2.24) is 15.2 Å². The Labute approximate surface area is 191 Å². The molecule has 0 bridgehead atoms. The minimum Gasteiger partial charge on any atom is -0.460 e. The number of hydrogen-bond acceptors (Lipinski definition) is 7. The number of hydrogen-bond donors (Lipinski definition) is 0. The third-order valence-corrected chi connectivity index (χ3v) is 5.88. The molecule has 0 aliphatic heterocycles. The number of esters is 1. The van der Waals surface area contributed by atoms with Crippen LogP contribution >= 0.6 is 33.9 Å². The predicted molar refractivity (Wildman–Crippen MR) is 124 cm³/mol. The Kier molecular flexibility index (Phi) is 5.88. The number of aromatic nitrogens is 3. The van der Waals surface area contributed by atoms with Crippen LogP contribution in [0.25, 0.3) is 21.3 Å². The van der Waals surface area contributed by atoms with Crippen LogP contribution in [-0.4, -0.2) is 26.8 Å². The van der Waals surface area contributed by atoms with Gasteiger partial charge in [-0.05, 0) is 67.1 Å². The van der Waals surface area contributed by atoms with E-state index in [0.717, 1.165) is 26.4 Å². The normalized spacial score (nSPS) is 11.7. The van der Waals surface area contributed by atoms with Crippen molar-refractivity contribution in [2.45, 2.75) is 39.2 Å². The minimum atomic E-state index is -0.546. The molecule has 8 heteroatoms. The Bertz CT molecular complexity index is 1190. The highest BCUT2D eigenvalue weighted by molar-refractivity contribution is 14.1. The number of ether oxygens (including phenoxy) is 1. The Balaban J connectivity index is 1.53. The molecule has 0 spiro atoms. The van der Waals surface area contributed by atoms with Crippen LogP contribution in [0.4, 0.5) is 0 Å². The quantitative estimate of drug-likeness (QED) is 0.252. The average Bonchev–Trinajstić information content (AvgIpc) is 3.27. The highest BCUT2D eigenvalue weighted by Crippen LogP contribution is 2.32. The van der Waals surface area contributed by atoms with Crippen molar-refractivity contribution < 1.29 is 13.9 Å². The standard InChI is InChI=1S/C22H20IN3O3S/c1-22(2,3)29-20(27)12-18-26-25-17(28-18)11-19-24-21-15(5-4-6-16(21)30-19)13-7-9-14(23)10-8-13/h4-10H,11-12H2,1-3H3. The van der Waals surface area contributed by atoms with Gasteiger partial charge in [0.15, 0.2) is 0 Å². The molecule has 0 fully saturated rings. The van der Waals surface area contributed by atoms with Crippen molar-refractivity contribution in [2.24, 2.45) is 0 Å². The van der Waals surface area contributed by atoms with E-state index in [0.29, 0.717) is 12.3 Å². The fourth-order valence-corrected chi connectivity index (χ4v) is 4.34. The van der Waals surface area contributed by atoms with Gasteiger partial charge in [-0.15, -0.1) is 21.5 Å². The van der Waals surface area contributed by atoms with Crippen LogP contribution in [-0.2, 0) is 22.4 Å². The fourth-order valence-electron chi connectivity index (χ4n) is 2.99. The van der Waals surface area contributed by atoms with Gasteiger partial charge in [0.05, 0.1) is 16.6 Å². The smallest absolute Gasteiger partial charge is 0.315 e. The van der Waals surface area contributed by atoms with Gasteiger partial charge >= 0.3 is 5.97 Å². The van der Waals surface area contributed by atoms with Crippen molar-refractivity contribution in [3.8, 4) is 11.1 Å². The fraction of sp³-hybridized carbons (Fsp3) is 0.273. The molecule has 0 amide bonds. The van der Waals surface area contributed by atoms with Gasteiger partial charge in [0, 0.05) is 9.13 Å². The van der Waals surface area contributed by atoms with Gasteiger partial charge in [-0.3, -0.25) is 4.79 Å². The van der Waals surface area contributed by atoms with Crippen molar-refractivity contribution in [2.75, 3.05) is 0 Å². The molecule has 0 atom stereocenters. The Hall–Kier alpha value is -2.33. The maximum absolute atomic E-state index is 11.9. The molecule has 2 aromatic heterocycles. The molecule has 0 saturated heterocycles. The van der Waals surface area contributed by atoms with Crippen molar-refractivity contribution in [3.05, 3.63) is 62.8 Å². The van der Waals surface area contributed by atoms with Crippen LogP contribution in [0.1, 0.15) is 37.6 Å². The van der Waals surface area contributed by atoms with Gasteiger partial charge in [-0.25, -0.2) is 4.98 Å². The predicted octanol–water partition coefficient (Wildman–Crippen LogP) is 5.43. The largest absolute Gasteiger partial charge is 0.460 e. The van der Waals surface area contributed by atoms with E-state index in [2.05, 4.69) is 69.2 Å². The second-order valence-corrected chi connectivity index (χ2v) is 10.2. The first-order valence-corrected chi connectivity index (χ1v) is 11.3. The summed E-state index contributed by atoms with van der Waals surface area (Å²) in [6.07, 6.45) is 0.383. The summed E-state index contributed by atoms with van der Waals surface area (Å²) >= 11 is 3.90. The van der Waals surface area contributed by atoms with Gasteiger partial charge in [0.25, 0.3) is 0 Å². The molecular weight excluding hydrogens is 513 g/mol. The molecule has 4 rings (SSSR count). The molecule has 2 aromatic carbocycles. The lowest BCUT2D eigenvalue weighted by atomic mass is 10.0. The van der Waals surface area contributed by atoms with Crippen LogP contribution in [0.3, 0.4) is 0 Å². The zero-order chi connectivity index (χ0) is 21.3. The topological polar surface area (TPSA) is 78.1 Å². The molecule has 4 aromatic rings. The van der Waals surface area contributed by atoms with Crippen LogP contribution < -0.4 is 0 Å². The molecule has 0 radical (unpaired) electrons. The highest BCUT2D eigenvalue weighted by Gasteiger charge is 2.20. The molecule has 154 valence electrons. The summed E-state index contributed by atoms with van der Waals surface area (Å²) in [6, 6.07) is 14.6. The lowest BCUT2D eigenvalue weighted by Crippen LogP contribution is -2.24. The highest BCUT2D eigenvalue weighted by atomic mass is 127. The summed E-state index contributed by atoms with van der Waals surface area (Å²) < 4.78 is 13.2. The molecule has 30 heavy (non-hydrogen) atoms. The number of carbonyl (C=O) groups excluding carboxylic acids is 1. The van der Waals surface area contributed by atoms with Gasteiger partial charge in [0.1, 0.15) is 17.0 Å². The second-order valence-electron chi connectivity index (χ2n) is 7.80. The SMILES string of the molecule is CC(C)(C)OC(=O)Cc1nnc(Cc2nc3c(-c4ccc(I)cc4)cccc3s2)o1. The molecular formula is C22H20IN3O3S. The number of halogens is 1. The first-order valence-electron chi connectivity index (χ1n) is 9.44. The van der Waals surface area contributed by atoms with Crippen LogP contribution in [0.5, 0.6) is 0 Å². The van der Waals surface area contributed by atoms with E-state index in [1.807, 2.05) is 26.8 Å². The number of rotatable bonds is 5. The minimum absolute atomic E-state index is 0.0406. The molecule has 0 aliphatic rings. The van der Waals surface area contributed by atoms with E-state index in [4.69, 9.17) is 14.1 Å². The van der Waals surface area contributed by atoms with E-state index in [9.17, 15) is 4.79 Å². The van der Waals surface area contributed by atoms with E-state index in [1.54, 1.807) is 11.3 Å². The van der Waals surface area contributed by atoms with Gasteiger partial charge in [-0.1, -0.05) is 24.3 Å².